The Morgan fingerprint density at radius 1 is 0.872 bits per heavy atom. The van der Waals surface area contributed by atoms with E-state index >= 15 is 0 Å². The Hall–Kier alpha value is -3.27. The summed E-state index contributed by atoms with van der Waals surface area (Å²) in [6, 6.07) is 5.54. The number of Topliss-reactive ketones (excluding diaryl/α,β-unsaturated/α-hetero) is 1. The first kappa shape index (κ1) is 30.3. The van der Waals surface area contributed by atoms with E-state index < -0.39 is 53.0 Å². The van der Waals surface area contributed by atoms with Crippen molar-refractivity contribution in [2.45, 2.75) is 78.6 Å². The number of hydrogen-bond acceptors (Lipinski definition) is 6. The van der Waals surface area contributed by atoms with Gasteiger partial charge in [0, 0.05) is 18.2 Å². The monoisotopic (exact) mass is 541 g/mol. The summed E-state index contributed by atoms with van der Waals surface area (Å²) in [5, 5.41) is 11.0. The van der Waals surface area contributed by atoms with Gasteiger partial charge in [0.25, 0.3) is 11.8 Å². The minimum atomic E-state index is -1.03. The molecule has 0 aliphatic carbocycles. The van der Waals surface area contributed by atoms with Crippen LogP contribution in [0.15, 0.2) is 30.3 Å². The maximum Gasteiger partial charge on any atom is 0.289 e. The SMILES string of the molecule is CC(C)[C@H](NC(=O)[C@H](C)NC(=O)[C@@H](NC(=O)c1ccccc1)C(C)(C)C)C(=O)C(=O)N[C@H]1CN2CCC1CC2. The molecule has 3 heterocycles. The molecule has 3 aliphatic heterocycles. The summed E-state index contributed by atoms with van der Waals surface area (Å²) in [5.74, 6) is -2.88. The predicted molar refractivity (Wildman–Crippen MR) is 148 cm³/mol. The lowest BCUT2D eigenvalue weighted by atomic mass is 9.84. The van der Waals surface area contributed by atoms with E-state index in [4.69, 9.17) is 0 Å². The van der Waals surface area contributed by atoms with Crippen LogP contribution in [0.25, 0.3) is 0 Å². The van der Waals surface area contributed by atoms with Gasteiger partial charge >= 0.3 is 0 Å². The third-order valence-electron chi connectivity index (χ3n) is 7.64. The number of rotatable bonds is 10. The number of nitrogens with one attached hydrogen (secondary N) is 4. The van der Waals surface area contributed by atoms with Crippen molar-refractivity contribution >= 4 is 29.4 Å². The number of fused-ring (bicyclic) bond motifs is 3. The fourth-order valence-corrected chi connectivity index (χ4v) is 5.16. The van der Waals surface area contributed by atoms with Gasteiger partial charge in [0.1, 0.15) is 12.1 Å². The average Bonchev–Trinajstić information content (AvgIpc) is 2.89. The largest absolute Gasteiger partial charge is 0.345 e. The number of carbonyl (C=O) groups is 5. The van der Waals surface area contributed by atoms with Crippen molar-refractivity contribution in [1.82, 2.24) is 26.2 Å². The van der Waals surface area contributed by atoms with Crippen molar-refractivity contribution in [3.8, 4) is 0 Å². The summed E-state index contributed by atoms with van der Waals surface area (Å²) >= 11 is 0. The maximum absolute atomic E-state index is 13.2. The van der Waals surface area contributed by atoms with Crippen molar-refractivity contribution in [2.24, 2.45) is 17.3 Å². The highest BCUT2D eigenvalue weighted by atomic mass is 16.2. The second kappa shape index (κ2) is 12.7. The van der Waals surface area contributed by atoms with E-state index in [2.05, 4.69) is 26.2 Å². The number of amides is 4. The Bertz CT molecular complexity index is 1060. The van der Waals surface area contributed by atoms with Gasteiger partial charge in [0.05, 0.1) is 6.04 Å². The van der Waals surface area contributed by atoms with E-state index in [1.54, 1.807) is 44.2 Å². The molecule has 3 fully saturated rings. The quantitative estimate of drug-likeness (QED) is 0.329. The molecule has 0 unspecified atom stereocenters. The van der Waals surface area contributed by atoms with Gasteiger partial charge in [-0.15, -0.1) is 0 Å². The molecule has 2 bridgehead atoms. The zero-order valence-corrected chi connectivity index (χ0v) is 23.9. The molecule has 4 atom stereocenters. The summed E-state index contributed by atoms with van der Waals surface area (Å²) < 4.78 is 0. The van der Waals surface area contributed by atoms with Gasteiger partial charge < -0.3 is 26.2 Å². The molecular formula is C29H43N5O5. The smallest absolute Gasteiger partial charge is 0.289 e. The van der Waals surface area contributed by atoms with Gasteiger partial charge in [0.15, 0.2) is 0 Å². The fourth-order valence-electron chi connectivity index (χ4n) is 5.16. The van der Waals surface area contributed by atoms with E-state index in [-0.39, 0.29) is 12.0 Å². The molecule has 3 aliphatic rings. The molecule has 39 heavy (non-hydrogen) atoms. The third kappa shape index (κ3) is 7.88. The molecule has 10 nitrogen and oxygen atoms in total. The summed E-state index contributed by atoms with van der Waals surface area (Å²) in [6.45, 7) is 13.2. The van der Waals surface area contributed by atoms with Crippen LogP contribution in [-0.2, 0) is 19.2 Å². The van der Waals surface area contributed by atoms with E-state index in [0.29, 0.717) is 11.5 Å². The first-order valence-corrected chi connectivity index (χ1v) is 13.8. The van der Waals surface area contributed by atoms with Crippen LogP contribution in [0.1, 0.15) is 64.7 Å². The molecule has 0 aromatic heterocycles. The van der Waals surface area contributed by atoms with Crippen LogP contribution in [0.2, 0.25) is 0 Å². The number of benzene rings is 1. The second-order valence-electron chi connectivity index (χ2n) is 12.2. The van der Waals surface area contributed by atoms with Crippen LogP contribution in [0, 0.1) is 17.3 Å². The summed E-state index contributed by atoms with van der Waals surface area (Å²) in [5.41, 5.74) is -0.228. The number of nitrogens with zero attached hydrogens (tertiary/aromatic N) is 1. The van der Waals surface area contributed by atoms with Crippen molar-refractivity contribution in [3.63, 3.8) is 0 Å². The standard InChI is InChI=1S/C29H43N5O5/c1-17(2)22(23(35)27(38)31-21-16-34-14-12-19(21)13-15-34)32-25(36)18(3)30-28(39)24(29(4,5)6)33-26(37)20-10-8-7-9-11-20/h7-11,17-19,21-22,24H,12-16H2,1-6H3,(H,30,39)(H,31,38)(H,32,36)(H,33,37)/t18-,21-,22-,24+/m0/s1. The summed E-state index contributed by atoms with van der Waals surface area (Å²) in [7, 11) is 0. The lowest BCUT2D eigenvalue weighted by Crippen LogP contribution is -2.61. The summed E-state index contributed by atoms with van der Waals surface area (Å²) in [6.07, 6.45) is 2.00. The van der Waals surface area contributed by atoms with Crippen molar-refractivity contribution < 1.29 is 24.0 Å². The molecule has 10 heteroatoms. The predicted octanol–water partition coefficient (Wildman–Crippen LogP) is 1.26. The van der Waals surface area contributed by atoms with Crippen LogP contribution >= 0.6 is 0 Å². The Morgan fingerprint density at radius 3 is 2.00 bits per heavy atom. The maximum atomic E-state index is 13.2. The van der Waals surface area contributed by atoms with E-state index in [1.165, 1.54) is 6.92 Å². The Labute approximate surface area is 231 Å². The molecule has 3 saturated heterocycles. The van der Waals surface area contributed by atoms with Gasteiger partial charge in [-0.3, -0.25) is 24.0 Å². The van der Waals surface area contributed by atoms with Crippen LogP contribution in [0.3, 0.4) is 0 Å². The van der Waals surface area contributed by atoms with Crippen molar-refractivity contribution in [1.29, 1.82) is 0 Å². The van der Waals surface area contributed by atoms with Gasteiger partial charge in [-0.1, -0.05) is 52.8 Å². The highest BCUT2D eigenvalue weighted by Gasteiger charge is 2.39. The third-order valence-corrected chi connectivity index (χ3v) is 7.64. The fraction of sp³-hybridized carbons (Fsp3) is 0.621. The molecule has 4 rings (SSSR count). The average molecular weight is 542 g/mol. The van der Waals surface area contributed by atoms with E-state index in [9.17, 15) is 24.0 Å². The van der Waals surface area contributed by atoms with E-state index in [0.717, 1.165) is 32.5 Å². The zero-order chi connectivity index (χ0) is 28.9. The van der Waals surface area contributed by atoms with Crippen LogP contribution in [-0.4, -0.2) is 78.1 Å². The number of carbonyl (C=O) groups excluding carboxylic acids is 5. The lowest BCUT2D eigenvalue weighted by Gasteiger charge is -2.44. The molecule has 0 saturated carbocycles. The lowest BCUT2D eigenvalue weighted by molar-refractivity contribution is -0.142. The first-order chi connectivity index (χ1) is 18.3. The van der Waals surface area contributed by atoms with Gasteiger partial charge in [-0.05, 0) is 62.2 Å². The van der Waals surface area contributed by atoms with Crippen LogP contribution in [0.4, 0.5) is 0 Å². The zero-order valence-electron chi connectivity index (χ0n) is 23.9. The van der Waals surface area contributed by atoms with Gasteiger partial charge in [0.2, 0.25) is 17.6 Å². The van der Waals surface area contributed by atoms with Crippen LogP contribution in [0.5, 0.6) is 0 Å². The molecular weight excluding hydrogens is 498 g/mol. The molecule has 4 N–H and O–H groups in total. The van der Waals surface area contributed by atoms with Gasteiger partial charge in [-0.25, -0.2) is 0 Å². The highest BCUT2D eigenvalue weighted by molar-refractivity contribution is 6.38. The highest BCUT2D eigenvalue weighted by Crippen LogP contribution is 2.27. The molecule has 214 valence electrons. The molecule has 0 spiro atoms. The normalized spacial score (nSPS) is 22.8. The molecule has 4 amide bonds. The minimum absolute atomic E-state index is 0.0638. The summed E-state index contributed by atoms with van der Waals surface area (Å²) in [4.78, 5) is 67.1. The van der Waals surface area contributed by atoms with Crippen molar-refractivity contribution in [3.05, 3.63) is 35.9 Å². The minimum Gasteiger partial charge on any atom is -0.345 e. The molecule has 1 aromatic carbocycles. The van der Waals surface area contributed by atoms with E-state index in [1.807, 2.05) is 20.8 Å². The Balaban J connectivity index is 1.60. The number of piperidine rings is 3. The topological polar surface area (TPSA) is 137 Å². The van der Waals surface area contributed by atoms with Crippen LogP contribution < -0.4 is 21.3 Å². The van der Waals surface area contributed by atoms with Gasteiger partial charge in [-0.2, -0.15) is 0 Å². The number of ketones is 1. The van der Waals surface area contributed by atoms with Crippen molar-refractivity contribution in [2.75, 3.05) is 19.6 Å². The number of hydrogen-bond donors (Lipinski definition) is 4. The Morgan fingerprint density at radius 2 is 1.49 bits per heavy atom. The Kier molecular flexibility index (Phi) is 9.88. The molecule has 1 aromatic rings. The second-order valence-corrected chi connectivity index (χ2v) is 12.2. The molecule has 0 radical (unpaired) electrons. The first-order valence-electron chi connectivity index (χ1n) is 13.8.